The summed E-state index contributed by atoms with van der Waals surface area (Å²) in [4.78, 5) is 14.9. The van der Waals surface area contributed by atoms with Gasteiger partial charge in [-0.3, -0.25) is 9.89 Å². The van der Waals surface area contributed by atoms with E-state index < -0.39 is 0 Å². The smallest absolute Gasteiger partial charge is 0.275 e. The molecule has 1 aromatic heterocycles. The molecule has 0 spiro atoms. The van der Waals surface area contributed by atoms with Gasteiger partial charge < -0.3 is 9.64 Å². The SMILES string of the molecule is CC1COC(c2ccccc2)CN1C(=O)c1n[nH]c2c1CCC2. The Morgan fingerprint density at radius 1 is 1.30 bits per heavy atom. The third kappa shape index (κ3) is 2.55. The van der Waals surface area contributed by atoms with E-state index in [1.165, 1.54) is 0 Å². The Morgan fingerprint density at radius 3 is 2.96 bits per heavy atom. The lowest BCUT2D eigenvalue weighted by Crippen LogP contribution is -2.48. The number of carbonyl (C=O) groups is 1. The average Bonchev–Trinajstić information content (AvgIpc) is 3.19. The lowest BCUT2D eigenvalue weighted by Gasteiger charge is -2.38. The van der Waals surface area contributed by atoms with Gasteiger partial charge in [0.15, 0.2) is 5.69 Å². The van der Waals surface area contributed by atoms with Crippen LogP contribution in [0.4, 0.5) is 0 Å². The Morgan fingerprint density at radius 2 is 2.13 bits per heavy atom. The van der Waals surface area contributed by atoms with Crippen LogP contribution in [-0.2, 0) is 17.6 Å². The van der Waals surface area contributed by atoms with Crippen molar-refractivity contribution < 1.29 is 9.53 Å². The van der Waals surface area contributed by atoms with Crippen LogP contribution in [0.15, 0.2) is 30.3 Å². The van der Waals surface area contributed by atoms with E-state index in [0.717, 1.165) is 36.1 Å². The number of carbonyl (C=O) groups excluding carboxylic acids is 1. The first kappa shape index (κ1) is 14.5. The van der Waals surface area contributed by atoms with Gasteiger partial charge >= 0.3 is 0 Å². The van der Waals surface area contributed by atoms with Crippen molar-refractivity contribution in [3.05, 3.63) is 52.8 Å². The zero-order chi connectivity index (χ0) is 15.8. The molecule has 1 fully saturated rings. The Labute approximate surface area is 135 Å². The Hall–Kier alpha value is -2.14. The van der Waals surface area contributed by atoms with E-state index in [4.69, 9.17) is 4.74 Å². The van der Waals surface area contributed by atoms with E-state index in [2.05, 4.69) is 22.3 Å². The van der Waals surface area contributed by atoms with Gasteiger partial charge in [0.05, 0.1) is 19.2 Å². The number of ether oxygens (including phenoxy) is 1. The molecular weight excluding hydrogens is 290 g/mol. The molecule has 1 aliphatic carbocycles. The maximum absolute atomic E-state index is 13.0. The quantitative estimate of drug-likeness (QED) is 0.927. The number of hydrogen-bond donors (Lipinski definition) is 1. The van der Waals surface area contributed by atoms with Crippen LogP contribution in [0.2, 0.25) is 0 Å². The molecule has 2 aromatic rings. The molecule has 0 bridgehead atoms. The van der Waals surface area contributed by atoms with E-state index in [1.807, 2.05) is 30.0 Å². The summed E-state index contributed by atoms with van der Waals surface area (Å²) in [5.41, 5.74) is 3.97. The lowest BCUT2D eigenvalue weighted by atomic mass is 10.0. The van der Waals surface area contributed by atoms with Crippen LogP contribution in [0.25, 0.3) is 0 Å². The van der Waals surface area contributed by atoms with E-state index >= 15 is 0 Å². The standard InChI is InChI=1S/C18H21N3O2/c1-12-11-23-16(13-6-3-2-4-7-13)10-21(12)18(22)17-14-8-5-9-15(14)19-20-17/h2-4,6-7,12,16H,5,8-11H2,1H3,(H,19,20). The van der Waals surface area contributed by atoms with Crippen molar-refractivity contribution in [3.8, 4) is 0 Å². The van der Waals surface area contributed by atoms with Crippen LogP contribution in [0.5, 0.6) is 0 Å². The monoisotopic (exact) mass is 311 g/mol. The number of H-pyrrole nitrogens is 1. The number of aryl methyl sites for hydroxylation is 1. The molecule has 1 aromatic carbocycles. The number of benzene rings is 1. The predicted octanol–water partition coefficient (Wildman–Crippen LogP) is 2.50. The van der Waals surface area contributed by atoms with E-state index in [1.54, 1.807) is 0 Å². The number of aromatic nitrogens is 2. The molecule has 2 unspecified atom stereocenters. The van der Waals surface area contributed by atoms with Gasteiger partial charge in [-0.15, -0.1) is 0 Å². The first-order valence-electron chi connectivity index (χ1n) is 8.27. The summed E-state index contributed by atoms with van der Waals surface area (Å²) in [6.07, 6.45) is 2.99. The fraction of sp³-hybridized carbons (Fsp3) is 0.444. The van der Waals surface area contributed by atoms with Crippen molar-refractivity contribution in [2.45, 2.75) is 38.3 Å². The van der Waals surface area contributed by atoms with Crippen molar-refractivity contribution in [3.63, 3.8) is 0 Å². The first-order chi connectivity index (χ1) is 11.2. The van der Waals surface area contributed by atoms with Gasteiger partial charge in [0.25, 0.3) is 5.91 Å². The van der Waals surface area contributed by atoms with Gasteiger partial charge in [-0.1, -0.05) is 30.3 Å². The van der Waals surface area contributed by atoms with Gasteiger partial charge in [-0.05, 0) is 31.7 Å². The predicted molar refractivity (Wildman–Crippen MR) is 86.2 cm³/mol. The third-order valence-electron chi connectivity index (χ3n) is 4.87. The second kappa shape index (κ2) is 5.81. The minimum atomic E-state index is -0.0664. The van der Waals surface area contributed by atoms with Crippen LogP contribution in [0, 0.1) is 0 Å². The summed E-state index contributed by atoms with van der Waals surface area (Å²) in [5.74, 6) is 0.0288. The number of nitrogens with one attached hydrogen (secondary N) is 1. The largest absolute Gasteiger partial charge is 0.370 e. The number of amides is 1. The maximum atomic E-state index is 13.0. The number of hydrogen-bond acceptors (Lipinski definition) is 3. The molecular formula is C18H21N3O2. The van der Waals surface area contributed by atoms with Gasteiger partial charge in [0, 0.05) is 11.3 Å². The molecule has 120 valence electrons. The summed E-state index contributed by atoms with van der Waals surface area (Å²) in [5, 5.41) is 7.32. The van der Waals surface area contributed by atoms with Crippen LogP contribution >= 0.6 is 0 Å². The van der Waals surface area contributed by atoms with Crippen LogP contribution < -0.4 is 0 Å². The Kier molecular flexibility index (Phi) is 3.65. The zero-order valence-electron chi connectivity index (χ0n) is 13.3. The molecule has 0 radical (unpaired) electrons. The number of morpholine rings is 1. The fourth-order valence-corrected chi connectivity index (χ4v) is 3.54. The number of nitrogens with zero attached hydrogens (tertiary/aromatic N) is 2. The van der Waals surface area contributed by atoms with Crippen LogP contribution in [0.3, 0.4) is 0 Å². The van der Waals surface area contributed by atoms with Gasteiger partial charge in [0.2, 0.25) is 0 Å². The molecule has 0 saturated carbocycles. The lowest BCUT2D eigenvalue weighted by molar-refractivity contribution is -0.0488. The van der Waals surface area contributed by atoms with Crippen molar-refractivity contribution in [2.75, 3.05) is 13.2 Å². The minimum Gasteiger partial charge on any atom is -0.370 e. The molecule has 5 heteroatoms. The van der Waals surface area contributed by atoms with Gasteiger partial charge in [0.1, 0.15) is 6.10 Å². The summed E-state index contributed by atoms with van der Waals surface area (Å²) < 4.78 is 5.94. The normalized spacial score (nSPS) is 23.8. The third-order valence-corrected chi connectivity index (χ3v) is 4.87. The minimum absolute atomic E-state index is 0.0288. The van der Waals surface area contributed by atoms with Gasteiger partial charge in [-0.2, -0.15) is 5.10 Å². The molecule has 2 heterocycles. The topological polar surface area (TPSA) is 58.2 Å². The Balaban J connectivity index is 1.58. The van der Waals surface area contributed by atoms with E-state index in [-0.39, 0.29) is 18.1 Å². The van der Waals surface area contributed by atoms with E-state index in [9.17, 15) is 4.79 Å². The highest BCUT2D eigenvalue weighted by Gasteiger charge is 2.34. The maximum Gasteiger partial charge on any atom is 0.275 e. The highest BCUT2D eigenvalue weighted by molar-refractivity contribution is 5.94. The first-order valence-corrected chi connectivity index (χ1v) is 8.27. The second-order valence-corrected chi connectivity index (χ2v) is 6.42. The molecule has 2 atom stereocenters. The molecule has 1 aliphatic heterocycles. The summed E-state index contributed by atoms with van der Waals surface area (Å²) >= 11 is 0. The van der Waals surface area contributed by atoms with Crippen molar-refractivity contribution in [1.29, 1.82) is 0 Å². The molecule has 4 rings (SSSR count). The molecule has 1 N–H and O–H groups in total. The highest BCUT2D eigenvalue weighted by Crippen LogP contribution is 2.28. The number of aromatic amines is 1. The van der Waals surface area contributed by atoms with E-state index in [0.29, 0.717) is 18.8 Å². The molecule has 5 nitrogen and oxygen atoms in total. The van der Waals surface area contributed by atoms with Gasteiger partial charge in [-0.25, -0.2) is 0 Å². The average molecular weight is 311 g/mol. The summed E-state index contributed by atoms with van der Waals surface area (Å²) in [7, 11) is 0. The summed E-state index contributed by atoms with van der Waals surface area (Å²) in [6.45, 7) is 3.16. The van der Waals surface area contributed by atoms with Crippen LogP contribution in [-0.4, -0.2) is 40.2 Å². The molecule has 23 heavy (non-hydrogen) atoms. The molecule has 1 saturated heterocycles. The Bertz CT molecular complexity index is 710. The molecule has 2 aliphatic rings. The highest BCUT2D eigenvalue weighted by atomic mass is 16.5. The fourth-order valence-electron chi connectivity index (χ4n) is 3.54. The van der Waals surface area contributed by atoms with Crippen LogP contribution in [0.1, 0.15) is 46.8 Å². The number of rotatable bonds is 2. The second-order valence-electron chi connectivity index (χ2n) is 6.42. The summed E-state index contributed by atoms with van der Waals surface area (Å²) in [6, 6.07) is 10.2. The van der Waals surface area contributed by atoms with Crippen molar-refractivity contribution in [1.82, 2.24) is 15.1 Å². The zero-order valence-corrected chi connectivity index (χ0v) is 13.3. The van der Waals surface area contributed by atoms with Crippen molar-refractivity contribution in [2.24, 2.45) is 0 Å². The number of fused-ring (bicyclic) bond motifs is 1. The van der Waals surface area contributed by atoms with Crippen molar-refractivity contribution >= 4 is 5.91 Å². The molecule has 1 amide bonds.